The van der Waals surface area contributed by atoms with E-state index in [0.29, 0.717) is 6.42 Å². The fraction of sp³-hybridized carbons (Fsp3) is 0.462. The molecule has 0 unspecified atom stereocenters. The molecule has 1 aromatic carbocycles. The van der Waals surface area contributed by atoms with Crippen LogP contribution in [0, 0.1) is 5.92 Å². The molecule has 0 saturated heterocycles. The van der Waals surface area contributed by atoms with Crippen molar-refractivity contribution in [2.75, 3.05) is 4.90 Å². The summed E-state index contributed by atoms with van der Waals surface area (Å²) in [6.45, 7) is 1.98. The molecule has 19 heavy (non-hydrogen) atoms. The van der Waals surface area contributed by atoms with Crippen LogP contribution >= 0.6 is 10.7 Å². The summed E-state index contributed by atoms with van der Waals surface area (Å²) in [4.78, 5) is 14.1. The van der Waals surface area contributed by atoms with Crippen LogP contribution in [0.1, 0.15) is 25.3 Å². The number of amides is 1. The summed E-state index contributed by atoms with van der Waals surface area (Å²) < 4.78 is 22.7. The van der Waals surface area contributed by atoms with E-state index in [1.165, 1.54) is 6.07 Å². The summed E-state index contributed by atoms with van der Waals surface area (Å²) in [6.07, 6.45) is 2.60. The third-order valence-corrected chi connectivity index (χ3v) is 5.06. The van der Waals surface area contributed by atoms with E-state index < -0.39 is 9.05 Å². The molecule has 1 aliphatic heterocycles. The predicted molar refractivity (Wildman–Crippen MR) is 72.9 cm³/mol. The first kappa shape index (κ1) is 12.9. The van der Waals surface area contributed by atoms with Gasteiger partial charge in [0.15, 0.2) is 0 Å². The molecule has 1 aliphatic carbocycles. The van der Waals surface area contributed by atoms with Crippen LogP contribution in [0.4, 0.5) is 5.69 Å². The number of benzene rings is 1. The van der Waals surface area contributed by atoms with Crippen LogP contribution in [-0.2, 0) is 20.3 Å². The van der Waals surface area contributed by atoms with Crippen molar-refractivity contribution in [2.24, 2.45) is 5.92 Å². The Kier molecular flexibility index (Phi) is 2.87. The van der Waals surface area contributed by atoms with Gasteiger partial charge < -0.3 is 4.90 Å². The lowest BCUT2D eigenvalue weighted by atomic mass is 10.1. The van der Waals surface area contributed by atoms with Crippen LogP contribution in [-0.4, -0.2) is 20.4 Å². The molecule has 4 nitrogen and oxygen atoms in total. The minimum atomic E-state index is -3.71. The Labute approximate surface area is 116 Å². The Bertz CT molecular complexity index is 652. The van der Waals surface area contributed by atoms with E-state index in [1.54, 1.807) is 17.0 Å². The van der Waals surface area contributed by atoms with Gasteiger partial charge in [-0.25, -0.2) is 8.42 Å². The predicted octanol–water partition coefficient (Wildman–Crippen LogP) is 2.30. The molecule has 0 radical (unpaired) electrons. The molecule has 0 N–H and O–H groups in total. The highest BCUT2D eigenvalue weighted by molar-refractivity contribution is 8.13. The normalized spacial score (nSPS) is 22.4. The molecule has 0 bridgehead atoms. The van der Waals surface area contributed by atoms with Crippen molar-refractivity contribution in [1.29, 1.82) is 0 Å². The minimum absolute atomic E-state index is 0.0800. The standard InChI is InChI=1S/C13H14ClNO3S/c1-8-6-10-7-11(19(14,17)18)4-5-12(10)15(8)13(16)9-2-3-9/h4-5,7-9H,2-3,6H2,1H3/t8-/m0/s1. The van der Waals surface area contributed by atoms with Crippen molar-refractivity contribution in [2.45, 2.75) is 37.1 Å². The van der Waals surface area contributed by atoms with Crippen LogP contribution in [0.5, 0.6) is 0 Å². The largest absolute Gasteiger partial charge is 0.309 e. The van der Waals surface area contributed by atoms with E-state index in [2.05, 4.69) is 0 Å². The SMILES string of the molecule is C[C@H]1Cc2cc(S(=O)(=O)Cl)ccc2N1C(=O)C1CC1. The van der Waals surface area contributed by atoms with E-state index in [-0.39, 0.29) is 22.8 Å². The van der Waals surface area contributed by atoms with Crippen LogP contribution in [0.3, 0.4) is 0 Å². The maximum absolute atomic E-state index is 12.2. The van der Waals surface area contributed by atoms with Gasteiger partial charge in [-0.2, -0.15) is 0 Å². The lowest BCUT2D eigenvalue weighted by Crippen LogP contribution is -2.36. The van der Waals surface area contributed by atoms with Gasteiger partial charge in [-0.1, -0.05) is 0 Å². The quantitative estimate of drug-likeness (QED) is 0.787. The van der Waals surface area contributed by atoms with E-state index in [9.17, 15) is 13.2 Å². The number of nitrogens with zero attached hydrogens (tertiary/aromatic N) is 1. The third-order valence-electron chi connectivity index (χ3n) is 3.71. The molecular formula is C13H14ClNO3S. The molecule has 1 fully saturated rings. The second-order valence-electron chi connectivity index (χ2n) is 5.26. The summed E-state index contributed by atoms with van der Waals surface area (Å²) in [5.41, 5.74) is 1.71. The van der Waals surface area contributed by atoms with Crippen molar-refractivity contribution in [3.05, 3.63) is 23.8 Å². The molecule has 1 atom stereocenters. The number of carbonyl (C=O) groups excluding carboxylic acids is 1. The van der Waals surface area contributed by atoms with Crippen LogP contribution < -0.4 is 4.90 Å². The van der Waals surface area contributed by atoms with E-state index >= 15 is 0 Å². The van der Waals surface area contributed by atoms with E-state index in [0.717, 1.165) is 24.1 Å². The Morgan fingerprint density at radius 2 is 2.05 bits per heavy atom. The Morgan fingerprint density at radius 1 is 1.37 bits per heavy atom. The van der Waals surface area contributed by atoms with Crippen molar-refractivity contribution in [3.63, 3.8) is 0 Å². The highest BCUT2D eigenvalue weighted by Crippen LogP contribution is 2.39. The van der Waals surface area contributed by atoms with Crippen LogP contribution in [0.15, 0.2) is 23.1 Å². The van der Waals surface area contributed by atoms with Gasteiger partial charge in [-0.05, 0) is 49.9 Å². The zero-order chi connectivity index (χ0) is 13.8. The molecular weight excluding hydrogens is 286 g/mol. The van der Waals surface area contributed by atoms with Gasteiger partial charge in [0.05, 0.1) is 4.90 Å². The molecule has 1 heterocycles. The topological polar surface area (TPSA) is 54.5 Å². The maximum Gasteiger partial charge on any atom is 0.261 e. The molecule has 6 heteroatoms. The first-order chi connectivity index (χ1) is 8.88. The number of fused-ring (bicyclic) bond motifs is 1. The molecule has 1 saturated carbocycles. The lowest BCUT2D eigenvalue weighted by molar-refractivity contribution is -0.120. The van der Waals surface area contributed by atoms with Gasteiger partial charge in [0.2, 0.25) is 5.91 Å². The zero-order valence-electron chi connectivity index (χ0n) is 10.5. The summed E-state index contributed by atoms with van der Waals surface area (Å²) in [6, 6.07) is 4.81. The fourth-order valence-corrected chi connectivity index (χ4v) is 3.42. The average Bonchev–Trinajstić information content (AvgIpc) is 3.09. The molecule has 1 aromatic rings. The number of hydrogen-bond donors (Lipinski definition) is 0. The van der Waals surface area contributed by atoms with Crippen LogP contribution in [0.25, 0.3) is 0 Å². The smallest absolute Gasteiger partial charge is 0.261 e. The van der Waals surface area contributed by atoms with Gasteiger partial charge in [0.25, 0.3) is 9.05 Å². The summed E-state index contributed by atoms with van der Waals surface area (Å²) in [5, 5.41) is 0. The number of anilines is 1. The molecule has 3 rings (SSSR count). The lowest BCUT2D eigenvalue weighted by Gasteiger charge is -2.22. The minimum Gasteiger partial charge on any atom is -0.309 e. The summed E-state index contributed by atoms with van der Waals surface area (Å²) in [7, 11) is 1.63. The summed E-state index contributed by atoms with van der Waals surface area (Å²) in [5.74, 6) is 0.317. The maximum atomic E-state index is 12.2. The zero-order valence-corrected chi connectivity index (χ0v) is 12.0. The number of hydrogen-bond acceptors (Lipinski definition) is 3. The second-order valence-corrected chi connectivity index (χ2v) is 7.83. The Balaban J connectivity index is 2.01. The number of halogens is 1. The highest BCUT2D eigenvalue weighted by atomic mass is 35.7. The van der Waals surface area contributed by atoms with Gasteiger partial charge in [0, 0.05) is 28.3 Å². The van der Waals surface area contributed by atoms with Crippen LogP contribution in [0.2, 0.25) is 0 Å². The van der Waals surface area contributed by atoms with Gasteiger partial charge in [0.1, 0.15) is 0 Å². The molecule has 102 valence electrons. The van der Waals surface area contributed by atoms with E-state index in [1.807, 2.05) is 6.92 Å². The number of carbonyl (C=O) groups is 1. The number of rotatable bonds is 2. The fourth-order valence-electron chi connectivity index (χ4n) is 2.62. The van der Waals surface area contributed by atoms with Crippen molar-refractivity contribution < 1.29 is 13.2 Å². The van der Waals surface area contributed by atoms with Crippen molar-refractivity contribution in [1.82, 2.24) is 0 Å². The third kappa shape index (κ3) is 2.25. The molecule has 0 aromatic heterocycles. The second kappa shape index (κ2) is 4.21. The average molecular weight is 300 g/mol. The molecule has 0 spiro atoms. The van der Waals surface area contributed by atoms with Crippen molar-refractivity contribution >= 4 is 31.3 Å². The van der Waals surface area contributed by atoms with Gasteiger partial charge >= 0.3 is 0 Å². The van der Waals surface area contributed by atoms with E-state index in [4.69, 9.17) is 10.7 Å². The van der Waals surface area contributed by atoms with Gasteiger partial charge in [-0.3, -0.25) is 4.79 Å². The highest BCUT2D eigenvalue weighted by Gasteiger charge is 2.39. The monoisotopic (exact) mass is 299 g/mol. The molecule has 2 aliphatic rings. The van der Waals surface area contributed by atoms with Gasteiger partial charge in [-0.15, -0.1) is 0 Å². The first-order valence-corrected chi connectivity index (χ1v) is 8.59. The Hall–Kier alpha value is -1.07. The Morgan fingerprint density at radius 3 is 2.63 bits per heavy atom. The molecule has 1 amide bonds. The summed E-state index contributed by atoms with van der Waals surface area (Å²) >= 11 is 0. The van der Waals surface area contributed by atoms with Crippen molar-refractivity contribution in [3.8, 4) is 0 Å². The first-order valence-electron chi connectivity index (χ1n) is 6.28.